The van der Waals surface area contributed by atoms with Gasteiger partial charge in [0.05, 0.1) is 11.8 Å². The first-order valence-corrected chi connectivity index (χ1v) is 8.99. The molecule has 0 bridgehead atoms. The lowest BCUT2D eigenvalue weighted by Gasteiger charge is -2.30. The Hall–Kier alpha value is -1.27. The number of sulfonamides is 1. The standard InChI is InChI=1S/C15H21NO4S/c1-2-9-16(21(17,18)13-7-8-13)10-12-11-19-14-5-3-4-6-15(14)20-12/h3-6,12-13H,2,7-11H2,1H3/t12-/m1/s1. The minimum Gasteiger partial charge on any atom is -0.486 e. The second-order valence-corrected chi connectivity index (χ2v) is 7.81. The van der Waals surface area contributed by atoms with Crippen molar-refractivity contribution < 1.29 is 17.9 Å². The number of ether oxygens (including phenoxy) is 2. The lowest BCUT2D eigenvalue weighted by Crippen LogP contribution is -2.45. The third kappa shape index (κ3) is 3.16. The highest BCUT2D eigenvalue weighted by Gasteiger charge is 2.41. The third-order valence-corrected chi connectivity index (χ3v) is 6.12. The summed E-state index contributed by atoms with van der Waals surface area (Å²) in [5.74, 6) is 1.41. The Kier molecular flexibility index (Phi) is 4.08. The summed E-state index contributed by atoms with van der Waals surface area (Å²) in [5, 5.41) is -0.180. The van der Waals surface area contributed by atoms with Crippen LogP contribution in [0.1, 0.15) is 26.2 Å². The summed E-state index contributed by atoms with van der Waals surface area (Å²) >= 11 is 0. The predicted molar refractivity (Wildman–Crippen MR) is 80.2 cm³/mol. The largest absolute Gasteiger partial charge is 0.486 e. The van der Waals surface area contributed by atoms with Gasteiger partial charge in [0, 0.05) is 6.54 Å². The quantitative estimate of drug-likeness (QED) is 0.806. The predicted octanol–water partition coefficient (Wildman–Crippen LogP) is 2.03. The van der Waals surface area contributed by atoms with Crippen molar-refractivity contribution in [2.24, 2.45) is 0 Å². The van der Waals surface area contributed by atoms with Crippen molar-refractivity contribution in [1.82, 2.24) is 4.31 Å². The molecule has 1 aromatic carbocycles. The van der Waals surface area contributed by atoms with E-state index >= 15 is 0 Å². The van der Waals surface area contributed by atoms with Crippen molar-refractivity contribution >= 4 is 10.0 Å². The third-order valence-electron chi connectivity index (χ3n) is 3.75. The van der Waals surface area contributed by atoms with Crippen molar-refractivity contribution in [1.29, 1.82) is 0 Å². The Balaban J connectivity index is 1.70. The van der Waals surface area contributed by atoms with Gasteiger partial charge in [-0.2, -0.15) is 4.31 Å². The van der Waals surface area contributed by atoms with Crippen LogP contribution in [0.15, 0.2) is 24.3 Å². The molecule has 1 fully saturated rings. The van der Waals surface area contributed by atoms with Crippen LogP contribution in [0.4, 0.5) is 0 Å². The minimum absolute atomic E-state index is 0.180. The Morgan fingerprint density at radius 2 is 1.95 bits per heavy atom. The molecule has 5 nitrogen and oxygen atoms in total. The van der Waals surface area contributed by atoms with Crippen LogP contribution < -0.4 is 9.47 Å². The fourth-order valence-corrected chi connectivity index (χ4v) is 4.49. The summed E-state index contributed by atoms with van der Waals surface area (Å²) in [6.07, 6.45) is 2.12. The first kappa shape index (κ1) is 14.7. The Morgan fingerprint density at radius 1 is 1.24 bits per heavy atom. The van der Waals surface area contributed by atoms with Crippen LogP contribution in [0, 0.1) is 0 Å². The van der Waals surface area contributed by atoms with E-state index in [1.165, 1.54) is 0 Å². The molecule has 1 atom stereocenters. The van der Waals surface area contributed by atoms with E-state index in [0.29, 0.717) is 25.4 Å². The van der Waals surface area contributed by atoms with Gasteiger partial charge in [0.25, 0.3) is 0 Å². The first-order valence-electron chi connectivity index (χ1n) is 7.48. The molecule has 21 heavy (non-hydrogen) atoms. The van der Waals surface area contributed by atoms with Crippen LogP contribution in [0.5, 0.6) is 11.5 Å². The molecule has 0 aromatic heterocycles. The van der Waals surface area contributed by atoms with Gasteiger partial charge in [0.1, 0.15) is 12.7 Å². The molecule has 1 heterocycles. The first-order chi connectivity index (χ1) is 10.1. The Morgan fingerprint density at radius 3 is 2.62 bits per heavy atom. The fraction of sp³-hybridized carbons (Fsp3) is 0.600. The van der Waals surface area contributed by atoms with Crippen molar-refractivity contribution in [3.8, 4) is 11.5 Å². The molecule has 1 aliphatic carbocycles. The van der Waals surface area contributed by atoms with Gasteiger partial charge < -0.3 is 9.47 Å². The Labute approximate surface area is 125 Å². The van der Waals surface area contributed by atoms with E-state index in [1.807, 2.05) is 31.2 Å². The molecule has 1 saturated carbocycles. The number of hydrogen-bond acceptors (Lipinski definition) is 4. The van der Waals surface area contributed by atoms with Gasteiger partial charge in [-0.1, -0.05) is 19.1 Å². The van der Waals surface area contributed by atoms with Gasteiger partial charge >= 0.3 is 0 Å². The molecule has 6 heteroatoms. The van der Waals surface area contributed by atoms with Crippen molar-refractivity contribution in [2.45, 2.75) is 37.5 Å². The summed E-state index contributed by atoms with van der Waals surface area (Å²) in [6, 6.07) is 7.48. The van der Waals surface area contributed by atoms with E-state index in [1.54, 1.807) is 4.31 Å². The summed E-state index contributed by atoms with van der Waals surface area (Å²) in [7, 11) is -3.17. The summed E-state index contributed by atoms with van der Waals surface area (Å²) < 4.78 is 38.0. The SMILES string of the molecule is CCCN(C[C@@H]1COc2ccccc2O1)S(=O)(=O)C1CC1. The van der Waals surface area contributed by atoms with E-state index in [2.05, 4.69) is 0 Å². The van der Waals surface area contributed by atoms with Crippen LogP contribution in [-0.2, 0) is 10.0 Å². The van der Waals surface area contributed by atoms with Crippen LogP contribution in [0.3, 0.4) is 0 Å². The maximum Gasteiger partial charge on any atom is 0.217 e. The minimum atomic E-state index is -3.17. The molecule has 0 saturated heterocycles. The monoisotopic (exact) mass is 311 g/mol. The zero-order valence-corrected chi connectivity index (χ0v) is 13.0. The van der Waals surface area contributed by atoms with Gasteiger partial charge in [-0.05, 0) is 31.4 Å². The summed E-state index contributed by atoms with van der Waals surface area (Å²) in [6.45, 7) is 3.28. The fourth-order valence-electron chi connectivity index (χ4n) is 2.53. The maximum atomic E-state index is 12.4. The highest BCUT2D eigenvalue weighted by Crippen LogP contribution is 2.33. The topological polar surface area (TPSA) is 55.8 Å². The number of rotatable bonds is 6. The van der Waals surface area contributed by atoms with Crippen LogP contribution in [-0.4, -0.2) is 43.8 Å². The molecule has 1 aliphatic heterocycles. The second-order valence-electron chi connectivity index (χ2n) is 5.60. The lowest BCUT2D eigenvalue weighted by atomic mass is 10.2. The van der Waals surface area contributed by atoms with Crippen molar-refractivity contribution in [2.75, 3.05) is 19.7 Å². The summed E-state index contributed by atoms with van der Waals surface area (Å²) in [4.78, 5) is 0. The number of fused-ring (bicyclic) bond motifs is 1. The molecule has 0 amide bonds. The highest BCUT2D eigenvalue weighted by molar-refractivity contribution is 7.90. The smallest absolute Gasteiger partial charge is 0.217 e. The molecule has 116 valence electrons. The second kappa shape index (κ2) is 5.85. The van der Waals surface area contributed by atoms with Crippen LogP contribution in [0.25, 0.3) is 0 Å². The number of nitrogens with zero attached hydrogens (tertiary/aromatic N) is 1. The molecule has 1 aromatic rings. The van der Waals surface area contributed by atoms with E-state index in [4.69, 9.17) is 9.47 Å². The van der Waals surface area contributed by atoms with E-state index in [9.17, 15) is 8.42 Å². The van der Waals surface area contributed by atoms with Gasteiger partial charge in [-0.15, -0.1) is 0 Å². The molecular formula is C15H21NO4S. The molecule has 0 unspecified atom stereocenters. The zero-order valence-electron chi connectivity index (χ0n) is 12.2. The van der Waals surface area contributed by atoms with Crippen molar-refractivity contribution in [3.05, 3.63) is 24.3 Å². The molecule has 0 radical (unpaired) electrons. The molecule has 2 aliphatic rings. The van der Waals surface area contributed by atoms with Gasteiger partial charge in [0.2, 0.25) is 10.0 Å². The average molecular weight is 311 g/mol. The Bertz CT molecular complexity index is 597. The van der Waals surface area contributed by atoms with E-state index in [0.717, 1.165) is 25.0 Å². The van der Waals surface area contributed by atoms with Crippen LogP contribution in [0.2, 0.25) is 0 Å². The molecule has 0 N–H and O–H groups in total. The van der Waals surface area contributed by atoms with E-state index in [-0.39, 0.29) is 11.4 Å². The van der Waals surface area contributed by atoms with E-state index < -0.39 is 10.0 Å². The van der Waals surface area contributed by atoms with Gasteiger partial charge in [-0.25, -0.2) is 8.42 Å². The summed E-state index contributed by atoms with van der Waals surface area (Å²) in [5.41, 5.74) is 0. The number of hydrogen-bond donors (Lipinski definition) is 0. The zero-order chi connectivity index (χ0) is 14.9. The van der Waals surface area contributed by atoms with Crippen LogP contribution >= 0.6 is 0 Å². The average Bonchev–Trinajstić information content (AvgIpc) is 3.32. The van der Waals surface area contributed by atoms with Gasteiger partial charge in [-0.3, -0.25) is 0 Å². The number of benzene rings is 1. The molecule has 0 spiro atoms. The highest BCUT2D eigenvalue weighted by atomic mass is 32.2. The normalized spacial score (nSPS) is 21.5. The number of para-hydroxylation sites is 2. The molecule has 3 rings (SSSR count). The maximum absolute atomic E-state index is 12.4. The van der Waals surface area contributed by atoms with Crippen molar-refractivity contribution in [3.63, 3.8) is 0 Å². The molecular weight excluding hydrogens is 290 g/mol. The van der Waals surface area contributed by atoms with Gasteiger partial charge in [0.15, 0.2) is 11.5 Å². The lowest BCUT2D eigenvalue weighted by molar-refractivity contribution is 0.0763.